The summed E-state index contributed by atoms with van der Waals surface area (Å²) in [5.74, 6) is 0.0413. The number of halogens is 1. The Morgan fingerprint density at radius 3 is 2.88 bits per heavy atom. The number of hydrogen-bond donors (Lipinski definition) is 1. The third-order valence-corrected chi connectivity index (χ3v) is 6.67. The number of amidine groups is 1. The van der Waals surface area contributed by atoms with Gasteiger partial charge in [0.25, 0.3) is 15.9 Å². The molecule has 0 spiro atoms. The van der Waals surface area contributed by atoms with Crippen LogP contribution in [0.4, 0.5) is 10.8 Å². The Labute approximate surface area is 159 Å². The molecule has 0 radical (unpaired) electrons. The van der Waals surface area contributed by atoms with Crippen molar-refractivity contribution in [2.45, 2.75) is 30.6 Å². The molecule has 7 nitrogen and oxygen atoms in total. The van der Waals surface area contributed by atoms with Crippen LogP contribution in [-0.2, 0) is 10.0 Å². The number of hydrogen-bond acceptors (Lipinski definition) is 6. The van der Waals surface area contributed by atoms with Crippen LogP contribution in [0.15, 0.2) is 33.0 Å². The molecule has 0 unspecified atom stereocenters. The monoisotopic (exact) mass is 410 g/mol. The number of aromatic nitrogens is 1. The van der Waals surface area contributed by atoms with Crippen LogP contribution in [0.5, 0.6) is 0 Å². The maximum absolute atomic E-state index is 12.6. The molecule has 3 heterocycles. The van der Waals surface area contributed by atoms with Crippen LogP contribution in [-0.4, -0.2) is 31.7 Å². The lowest BCUT2D eigenvalue weighted by molar-refractivity contribution is 0.102. The van der Waals surface area contributed by atoms with Gasteiger partial charge in [0.05, 0.1) is 16.3 Å². The molecule has 0 atom stereocenters. The van der Waals surface area contributed by atoms with E-state index in [1.54, 1.807) is 17.6 Å². The van der Waals surface area contributed by atoms with Crippen molar-refractivity contribution in [2.75, 3.05) is 16.8 Å². The smallest absolute Gasteiger partial charge is 0.286 e. The number of rotatable bonds is 2. The number of nitrogens with zero attached hydrogens (tertiary/aromatic N) is 3. The van der Waals surface area contributed by atoms with Crippen molar-refractivity contribution in [2.24, 2.45) is 4.40 Å². The van der Waals surface area contributed by atoms with E-state index < -0.39 is 15.9 Å². The first-order valence-corrected chi connectivity index (χ1v) is 10.8. The molecule has 2 aliphatic heterocycles. The van der Waals surface area contributed by atoms with Gasteiger partial charge in [-0.15, -0.1) is 15.7 Å². The summed E-state index contributed by atoms with van der Waals surface area (Å²) in [5.41, 5.74) is 0.574. The fourth-order valence-corrected chi connectivity index (χ4v) is 5.15. The fraction of sp³-hybridized carbons (Fsp3) is 0.312. The minimum absolute atomic E-state index is 0.0110. The van der Waals surface area contributed by atoms with Gasteiger partial charge >= 0.3 is 0 Å². The molecule has 4 rings (SSSR count). The molecule has 1 N–H and O–H groups in total. The zero-order valence-corrected chi connectivity index (χ0v) is 16.0. The summed E-state index contributed by atoms with van der Waals surface area (Å²) in [6.07, 6.45) is 5.05. The molecule has 0 saturated carbocycles. The van der Waals surface area contributed by atoms with E-state index in [2.05, 4.69) is 14.7 Å². The van der Waals surface area contributed by atoms with Gasteiger partial charge in [0.2, 0.25) is 0 Å². The van der Waals surface area contributed by atoms with Crippen LogP contribution in [0.25, 0.3) is 0 Å². The van der Waals surface area contributed by atoms with Crippen molar-refractivity contribution in [3.8, 4) is 0 Å². The van der Waals surface area contributed by atoms with Gasteiger partial charge < -0.3 is 4.90 Å². The second-order valence-electron chi connectivity index (χ2n) is 6.04. The number of amides is 1. The van der Waals surface area contributed by atoms with Crippen molar-refractivity contribution in [1.29, 1.82) is 0 Å². The molecule has 1 aromatic carbocycles. The lowest BCUT2D eigenvalue weighted by atomic mass is 10.1. The molecule has 2 aliphatic rings. The molecule has 1 amide bonds. The number of carbonyl (C=O) groups excluding carboxylic acids is 1. The number of thiazole rings is 1. The van der Waals surface area contributed by atoms with Gasteiger partial charge in [-0.2, -0.15) is 8.42 Å². The van der Waals surface area contributed by atoms with E-state index >= 15 is 0 Å². The summed E-state index contributed by atoms with van der Waals surface area (Å²) in [6.45, 7) is 0.683. The highest BCUT2D eigenvalue weighted by Crippen LogP contribution is 2.38. The molecule has 1 fully saturated rings. The van der Waals surface area contributed by atoms with E-state index in [9.17, 15) is 13.2 Å². The van der Waals surface area contributed by atoms with Crippen molar-refractivity contribution >= 4 is 55.5 Å². The number of benzene rings is 1. The first-order valence-electron chi connectivity index (χ1n) is 8.11. The fourth-order valence-electron chi connectivity index (χ4n) is 3.12. The molecular weight excluding hydrogens is 396 g/mol. The zero-order valence-electron chi connectivity index (χ0n) is 13.6. The van der Waals surface area contributed by atoms with Crippen LogP contribution in [0.1, 0.15) is 36.0 Å². The average Bonchev–Trinajstić information content (AvgIpc) is 2.98. The summed E-state index contributed by atoms with van der Waals surface area (Å²) in [4.78, 5) is 18.4. The number of carbonyl (C=O) groups is 1. The lowest BCUT2D eigenvalue weighted by Crippen LogP contribution is -2.35. The van der Waals surface area contributed by atoms with Gasteiger partial charge in [-0.05, 0) is 25.0 Å². The van der Waals surface area contributed by atoms with Crippen LogP contribution in [0.2, 0.25) is 5.02 Å². The maximum Gasteiger partial charge on any atom is 0.286 e. The Morgan fingerprint density at radius 2 is 2.12 bits per heavy atom. The topological polar surface area (TPSA) is 91.7 Å². The Kier molecular flexibility index (Phi) is 4.45. The molecule has 26 heavy (non-hydrogen) atoms. The van der Waals surface area contributed by atoms with Crippen LogP contribution in [0.3, 0.4) is 0 Å². The predicted octanol–water partition coefficient (Wildman–Crippen LogP) is 3.53. The highest BCUT2D eigenvalue weighted by Gasteiger charge is 2.33. The van der Waals surface area contributed by atoms with E-state index in [1.165, 1.54) is 17.4 Å². The van der Waals surface area contributed by atoms with Crippen molar-refractivity contribution in [1.82, 2.24) is 4.98 Å². The second kappa shape index (κ2) is 6.64. The third-order valence-electron chi connectivity index (χ3n) is 4.33. The summed E-state index contributed by atoms with van der Waals surface area (Å²) in [6, 6.07) is 2.85. The molecule has 1 aromatic heterocycles. The quantitative estimate of drug-likeness (QED) is 0.817. The normalized spacial score (nSPS) is 18.3. The van der Waals surface area contributed by atoms with Crippen molar-refractivity contribution in [3.63, 3.8) is 0 Å². The number of nitrogens with one attached hydrogen (secondary N) is 1. The molecule has 2 aromatic rings. The summed E-state index contributed by atoms with van der Waals surface area (Å²) in [5, 5.41) is 4.95. The summed E-state index contributed by atoms with van der Waals surface area (Å²) >= 11 is 7.59. The standard InChI is InChI=1S/C16H15ClN4O3S2/c17-11-9-12-13(8-10(11)15(22)19-16-18-5-7-25-16)26(23,24)20-14-4-2-1-3-6-21(12)14/h5,7-9H,1-4,6H2,(H,18,19,22). The van der Waals surface area contributed by atoms with Gasteiger partial charge in [0, 0.05) is 24.5 Å². The SMILES string of the molecule is O=C(Nc1nccs1)c1cc2c(cc1Cl)N1CCCCCC1=NS2(=O)=O. The van der Waals surface area contributed by atoms with Gasteiger partial charge in [-0.25, -0.2) is 4.98 Å². The second-order valence-corrected chi connectivity index (χ2v) is 8.91. The van der Waals surface area contributed by atoms with E-state index in [1.807, 2.05) is 4.90 Å². The van der Waals surface area contributed by atoms with Gasteiger partial charge in [-0.3, -0.25) is 10.1 Å². The number of sulfonamides is 1. The molecular formula is C16H15ClN4O3S2. The molecule has 0 aliphatic carbocycles. The average molecular weight is 411 g/mol. The first kappa shape index (κ1) is 17.4. The minimum Gasteiger partial charge on any atom is -0.328 e. The Hall–Kier alpha value is -1.97. The van der Waals surface area contributed by atoms with Crippen LogP contribution >= 0.6 is 22.9 Å². The van der Waals surface area contributed by atoms with Gasteiger partial charge in [0.15, 0.2) is 5.13 Å². The van der Waals surface area contributed by atoms with E-state index in [4.69, 9.17) is 11.6 Å². The van der Waals surface area contributed by atoms with Crippen molar-refractivity contribution < 1.29 is 13.2 Å². The lowest BCUT2D eigenvalue weighted by Gasteiger charge is -2.30. The highest BCUT2D eigenvalue weighted by atomic mass is 35.5. The maximum atomic E-state index is 12.6. The summed E-state index contributed by atoms with van der Waals surface area (Å²) in [7, 11) is -3.87. The van der Waals surface area contributed by atoms with Gasteiger partial charge in [-0.1, -0.05) is 18.0 Å². The number of fused-ring (bicyclic) bond motifs is 3. The first-order chi connectivity index (χ1) is 12.5. The largest absolute Gasteiger partial charge is 0.328 e. The minimum atomic E-state index is -3.87. The van der Waals surface area contributed by atoms with E-state index in [0.717, 1.165) is 19.3 Å². The van der Waals surface area contributed by atoms with E-state index in [0.29, 0.717) is 29.6 Å². The molecule has 10 heteroatoms. The van der Waals surface area contributed by atoms with E-state index in [-0.39, 0.29) is 15.5 Å². The predicted molar refractivity (Wildman–Crippen MR) is 102 cm³/mol. The summed E-state index contributed by atoms with van der Waals surface area (Å²) < 4.78 is 29.3. The van der Waals surface area contributed by atoms with Gasteiger partial charge in [0.1, 0.15) is 10.7 Å². The third kappa shape index (κ3) is 3.10. The Bertz CT molecular complexity index is 1000. The molecule has 0 bridgehead atoms. The van der Waals surface area contributed by atoms with Crippen LogP contribution < -0.4 is 10.2 Å². The zero-order chi connectivity index (χ0) is 18.3. The Balaban J connectivity index is 1.78. The molecule has 136 valence electrons. The van der Waals surface area contributed by atoms with Crippen molar-refractivity contribution in [3.05, 3.63) is 34.3 Å². The highest BCUT2D eigenvalue weighted by molar-refractivity contribution is 7.90. The van der Waals surface area contributed by atoms with Crippen LogP contribution in [0, 0.1) is 0 Å². The Morgan fingerprint density at radius 1 is 1.27 bits per heavy atom. The molecule has 1 saturated heterocycles. The number of anilines is 2.